The second-order valence-corrected chi connectivity index (χ2v) is 4.17. The van der Waals surface area contributed by atoms with Gasteiger partial charge in [-0.2, -0.15) is 0 Å². The summed E-state index contributed by atoms with van der Waals surface area (Å²) in [4.78, 5) is 23.0. The van der Waals surface area contributed by atoms with Gasteiger partial charge in [-0.25, -0.2) is 0 Å². The second-order valence-electron chi connectivity index (χ2n) is 4.17. The fraction of sp³-hybridized carbons (Fsp3) is 0.429. The number of methoxy groups -OCH3 is 2. The van der Waals surface area contributed by atoms with E-state index in [9.17, 15) is 9.59 Å². The van der Waals surface area contributed by atoms with E-state index in [4.69, 9.17) is 9.47 Å². The fourth-order valence-corrected chi connectivity index (χ4v) is 1.84. The van der Waals surface area contributed by atoms with Gasteiger partial charge in [0.05, 0.1) is 6.42 Å². The molecule has 0 radical (unpaired) electrons. The molecule has 6 nitrogen and oxygen atoms in total. The Morgan fingerprint density at radius 3 is 2.50 bits per heavy atom. The lowest BCUT2D eigenvalue weighted by molar-refractivity contribution is -0.205. The SMILES string of the molecule is CNCc1ccccc1NC(=O)C(CC=O)(OC)OC. The number of para-hydroxylation sites is 1. The minimum absolute atomic E-state index is 0.181. The molecular weight excluding hydrogens is 260 g/mol. The summed E-state index contributed by atoms with van der Waals surface area (Å²) in [5.74, 6) is -2.12. The third-order valence-electron chi connectivity index (χ3n) is 2.99. The van der Waals surface area contributed by atoms with Gasteiger partial charge in [-0.1, -0.05) is 18.2 Å². The summed E-state index contributed by atoms with van der Waals surface area (Å²) in [6, 6.07) is 7.37. The van der Waals surface area contributed by atoms with E-state index in [1.54, 1.807) is 6.07 Å². The fourth-order valence-electron chi connectivity index (χ4n) is 1.84. The lowest BCUT2D eigenvalue weighted by atomic mass is 10.1. The Hall–Kier alpha value is -1.76. The molecule has 0 aromatic heterocycles. The molecule has 1 aromatic rings. The van der Waals surface area contributed by atoms with Crippen LogP contribution in [-0.2, 0) is 25.6 Å². The van der Waals surface area contributed by atoms with E-state index in [1.165, 1.54) is 14.2 Å². The largest absolute Gasteiger partial charge is 0.345 e. The first-order valence-electron chi connectivity index (χ1n) is 6.21. The number of carbonyl (C=O) groups is 2. The first-order chi connectivity index (χ1) is 9.63. The average Bonchev–Trinajstić information content (AvgIpc) is 2.47. The molecule has 1 rings (SSSR count). The molecule has 20 heavy (non-hydrogen) atoms. The Kier molecular flexibility index (Phi) is 6.30. The normalized spacial score (nSPS) is 11.2. The topological polar surface area (TPSA) is 76.7 Å². The van der Waals surface area contributed by atoms with E-state index in [0.717, 1.165) is 5.56 Å². The van der Waals surface area contributed by atoms with Gasteiger partial charge in [0.2, 0.25) is 0 Å². The van der Waals surface area contributed by atoms with Crippen molar-refractivity contribution in [2.24, 2.45) is 0 Å². The maximum atomic E-state index is 12.3. The van der Waals surface area contributed by atoms with E-state index >= 15 is 0 Å². The minimum atomic E-state index is -1.60. The van der Waals surface area contributed by atoms with Crippen LogP contribution in [0.25, 0.3) is 0 Å². The highest BCUT2D eigenvalue weighted by Gasteiger charge is 2.39. The zero-order valence-electron chi connectivity index (χ0n) is 11.9. The number of aldehydes is 1. The molecule has 0 fully saturated rings. The van der Waals surface area contributed by atoms with Gasteiger partial charge in [0, 0.05) is 26.5 Å². The minimum Gasteiger partial charge on any atom is -0.345 e. The standard InChI is InChI=1S/C14H20N2O4/c1-15-10-11-6-4-5-7-12(11)16-13(18)14(19-2,20-3)8-9-17/h4-7,9,15H,8,10H2,1-3H3,(H,16,18). The number of amides is 1. The van der Waals surface area contributed by atoms with Gasteiger partial charge >= 0.3 is 0 Å². The van der Waals surface area contributed by atoms with Crippen LogP contribution in [0.15, 0.2) is 24.3 Å². The van der Waals surface area contributed by atoms with Crippen LogP contribution in [0.2, 0.25) is 0 Å². The summed E-state index contributed by atoms with van der Waals surface area (Å²) in [6.45, 7) is 0.608. The zero-order valence-corrected chi connectivity index (χ0v) is 11.9. The average molecular weight is 280 g/mol. The van der Waals surface area contributed by atoms with Gasteiger partial charge in [-0.15, -0.1) is 0 Å². The van der Waals surface area contributed by atoms with Crippen LogP contribution < -0.4 is 10.6 Å². The molecular formula is C14H20N2O4. The summed E-state index contributed by atoms with van der Waals surface area (Å²) in [5.41, 5.74) is 1.58. The monoisotopic (exact) mass is 280 g/mol. The smallest absolute Gasteiger partial charge is 0.285 e. The van der Waals surface area contributed by atoms with Crippen LogP contribution in [-0.4, -0.2) is 39.2 Å². The molecule has 0 aliphatic rings. The number of nitrogens with one attached hydrogen (secondary N) is 2. The Labute approximate surface area is 118 Å². The van der Waals surface area contributed by atoms with E-state index < -0.39 is 11.7 Å². The zero-order chi connectivity index (χ0) is 15.0. The number of rotatable bonds is 8. The molecule has 0 aliphatic heterocycles. The van der Waals surface area contributed by atoms with Crippen molar-refractivity contribution in [3.05, 3.63) is 29.8 Å². The number of hydrogen-bond donors (Lipinski definition) is 2. The van der Waals surface area contributed by atoms with Crippen molar-refractivity contribution in [1.82, 2.24) is 5.32 Å². The molecule has 0 saturated carbocycles. The van der Waals surface area contributed by atoms with Crippen LogP contribution in [0.1, 0.15) is 12.0 Å². The van der Waals surface area contributed by atoms with E-state index in [-0.39, 0.29) is 6.42 Å². The molecule has 1 aromatic carbocycles. The van der Waals surface area contributed by atoms with Crippen LogP contribution in [0.4, 0.5) is 5.69 Å². The van der Waals surface area contributed by atoms with Crippen LogP contribution in [0.5, 0.6) is 0 Å². The van der Waals surface area contributed by atoms with Crippen molar-refractivity contribution in [2.45, 2.75) is 18.8 Å². The van der Waals surface area contributed by atoms with Crippen molar-refractivity contribution in [2.75, 3.05) is 26.6 Å². The molecule has 110 valence electrons. The first-order valence-corrected chi connectivity index (χ1v) is 6.21. The van der Waals surface area contributed by atoms with Gasteiger partial charge < -0.3 is 24.9 Å². The third kappa shape index (κ3) is 3.63. The summed E-state index contributed by atoms with van der Waals surface area (Å²) in [7, 11) is 4.47. The molecule has 0 unspecified atom stereocenters. The second kappa shape index (κ2) is 7.74. The number of ether oxygens (including phenoxy) is 2. The Balaban J connectivity index is 2.96. The van der Waals surface area contributed by atoms with Gasteiger partial charge in [0.25, 0.3) is 11.7 Å². The number of hydrogen-bond acceptors (Lipinski definition) is 5. The maximum absolute atomic E-state index is 12.3. The number of anilines is 1. The summed E-state index contributed by atoms with van der Waals surface area (Å²) < 4.78 is 10.2. The number of carbonyl (C=O) groups excluding carboxylic acids is 2. The van der Waals surface area contributed by atoms with Crippen LogP contribution in [0.3, 0.4) is 0 Å². The van der Waals surface area contributed by atoms with Crippen LogP contribution >= 0.6 is 0 Å². The lowest BCUT2D eigenvalue weighted by Crippen LogP contribution is -2.47. The summed E-state index contributed by atoms with van der Waals surface area (Å²) in [5, 5.41) is 5.75. The molecule has 0 spiro atoms. The number of benzene rings is 1. The molecule has 0 saturated heterocycles. The van der Waals surface area contributed by atoms with Crippen LogP contribution in [0, 0.1) is 0 Å². The van der Waals surface area contributed by atoms with Crippen molar-refractivity contribution < 1.29 is 19.1 Å². The van der Waals surface area contributed by atoms with E-state index in [0.29, 0.717) is 18.5 Å². The van der Waals surface area contributed by atoms with Crippen molar-refractivity contribution in [1.29, 1.82) is 0 Å². The Bertz CT molecular complexity index is 458. The summed E-state index contributed by atoms with van der Waals surface area (Å²) >= 11 is 0. The quantitative estimate of drug-likeness (QED) is 0.547. The predicted molar refractivity (Wildman–Crippen MR) is 75.3 cm³/mol. The highest BCUT2D eigenvalue weighted by Crippen LogP contribution is 2.21. The van der Waals surface area contributed by atoms with Crippen molar-refractivity contribution >= 4 is 17.9 Å². The molecule has 1 amide bonds. The highest BCUT2D eigenvalue weighted by atomic mass is 16.7. The maximum Gasteiger partial charge on any atom is 0.285 e. The Morgan fingerprint density at radius 2 is 1.95 bits per heavy atom. The third-order valence-corrected chi connectivity index (χ3v) is 2.99. The first kappa shape index (κ1) is 16.3. The molecule has 0 aliphatic carbocycles. The predicted octanol–water partition coefficient (Wildman–Crippen LogP) is 0.923. The summed E-state index contributed by atoms with van der Waals surface area (Å²) in [6.07, 6.45) is 0.409. The van der Waals surface area contributed by atoms with E-state index in [1.807, 2.05) is 25.2 Å². The molecule has 0 atom stereocenters. The molecule has 0 bridgehead atoms. The Morgan fingerprint density at radius 1 is 1.30 bits per heavy atom. The molecule has 0 heterocycles. The van der Waals surface area contributed by atoms with Crippen molar-refractivity contribution in [3.8, 4) is 0 Å². The lowest BCUT2D eigenvalue weighted by Gasteiger charge is -2.27. The van der Waals surface area contributed by atoms with E-state index in [2.05, 4.69) is 10.6 Å². The van der Waals surface area contributed by atoms with Gasteiger partial charge in [-0.3, -0.25) is 4.79 Å². The van der Waals surface area contributed by atoms with Crippen molar-refractivity contribution in [3.63, 3.8) is 0 Å². The van der Waals surface area contributed by atoms with Gasteiger partial charge in [0.1, 0.15) is 6.29 Å². The highest BCUT2D eigenvalue weighted by molar-refractivity contribution is 5.98. The van der Waals surface area contributed by atoms with Gasteiger partial charge in [-0.05, 0) is 18.7 Å². The van der Waals surface area contributed by atoms with Gasteiger partial charge in [0.15, 0.2) is 0 Å². The molecule has 2 N–H and O–H groups in total. The molecule has 6 heteroatoms.